The third-order valence-electron chi connectivity index (χ3n) is 2.22. The van der Waals surface area contributed by atoms with Crippen LogP contribution < -0.4 is 5.73 Å². The van der Waals surface area contributed by atoms with E-state index in [9.17, 15) is 4.39 Å². The molecule has 0 aliphatic carbocycles. The summed E-state index contributed by atoms with van der Waals surface area (Å²) in [4.78, 5) is 3.91. The molecule has 0 saturated carbocycles. The highest BCUT2D eigenvalue weighted by atomic mass is 19.1. The number of hydrogen-bond donors (Lipinski definition) is 1. The van der Waals surface area contributed by atoms with Crippen LogP contribution in [-0.2, 0) is 0 Å². The first-order valence-electron chi connectivity index (χ1n) is 4.66. The predicted molar refractivity (Wildman–Crippen MR) is 57.4 cm³/mol. The maximum Gasteiger partial charge on any atom is 0.172 e. The van der Waals surface area contributed by atoms with Gasteiger partial charge in [0, 0.05) is 11.3 Å². The van der Waals surface area contributed by atoms with Gasteiger partial charge in [-0.3, -0.25) is 0 Å². The number of aryl methyl sites for hydroxylation is 1. The molecule has 2 N–H and O–H groups in total. The van der Waals surface area contributed by atoms with Crippen molar-refractivity contribution in [2.75, 3.05) is 5.73 Å². The number of anilines is 1. The van der Waals surface area contributed by atoms with Crippen molar-refractivity contribution in [2.45, 2.75) is 27.2 Å². The standard InChI is InChI=1S/C11H15FN2/c1-4-5-6-9-7(2)8(3)14-11(13)10(9)12/h5-6H,4H2,1-3H3,(H2,13,14)/b6-5-. The predicted octanol–water partition coefficient (Wildman–Crippen LogP) is 2.84. The van der Waals surface area contributed by atoms with E-state index in [1.165, 1.54) is 0 Å². The molecule has 0 bridgehead atoms. The highest BCUT2D eigenvalue weighted by molar-refractivity contribution is 5.59. The van der Waals surface area contributed by atoms with E-state index >= 15 is 0 Å². The lowest BCUT2D eigenvalue weighted by atomic mass is 10.1. The summed E-state index contributed by atoms with van der Waals surface area (Å²) in [7, 11) is 0. The van der Waals surface area contributed by atoms with Gasteiger partial charge in [-0.05, 0) is 25.8 Å². The van der Waals surface area contributed by atoms with E-state index < -0.39 is 5.82 Å². The second-order valence-electron chi connectivity index (χ2n) is 3.25. The van der Waals surface area contributed by atoms with Crippen molar-refractivity contribution in [3.05, 3.63) is 28.7 Å². The Morgan fingerprint density at radius 3 is 2.64 bits per heavy atom. The molecule has 3 heteroatoms. The van der Waals surface area contributed by atoms with Gasteiger partial charge in [-0.15, -0.1) is 0 Å². The first-order valence-corrected chi connectivity index (χ1v) is 4.66. The highest BCUT2D eigenvalue weighted by Gasteiger charge is 2.10. The molecule has 0 aromatic carbocycles. The van der Waals surface area contributed by atoms with Gasteiger partial charge in [0.25, 0.3) is 0 Å². The molecule has 0 aliphatic heterocycles. The largest absolute Gasteiger partial charge is 0.381 e. The molecule has 14 heavy (non-hydrogen) atoms. The molecule has 1 heterocycles. The van der Waals surface area contributed by atoms with Gasteiger partial charge in [0.15, 0.2) is 11.6 Å². The third kappa shape index (κ3) is 1.92. The van der Waals surface area contributed by atoms with Crippen molar-refractivity contribution in [3.8, 4) is 0 Å². The smallest absolute Gasteiger partial charge is 0.172 e. The van der Waals surface area contributed by atoms with Gasteiger partial charge in [-0.1, -0.05) is 19.1 Å². The van der Waals surface area contributed by atoms with Gasteiger partial charge < -0.3 is 5.73 Å². The fourth-order valence-corrected chi connectivity index (χ4v) is 1.24. The molecule has 0 amide bonds. The minimum atomic E-state index is -0.419. The zero-order valence-corrected chi connectivity index (χ0v) is 8.76. The highest BCUT2D eigenvalue weighted by Crippen LogP contribution is 2.21. The number of nitrogens with zero attached hydrogens (tertiary/aromatic N) is 1. The molecular formula is C11H15FN2. The van der Waals surface area contributed by atoms with Crippen LogP contribution in [0.4, 0.5) is 10.2 Å². The molecule has 0 unspecified atom stereocenters. The molecule has 0 spiro atoms. The van der Waals surface area contributed by atoms with Gasteiger partial charge in [-0.25, -0.2) is 9.37 Å². The Bertz CT molecular complexity index is 344. The van der Waals surface area contributed by atoms with Gasteiger partial charge in [0.2, 0.25) is 0 Å². The van der Waals surface area contributed by atoms with Crippen molar-refractivity contribution < 1.29 is 4.39 Å². The van der Waals surface area contributed by atoms with E-state index in [-0.39, 0.29) is 5.82 Å². The molecule has 0 radical (unpaired) electrons. The first-order chi connectivity index (χ1) is 6.57. The Hall–Kier alpha value is -1.38. The van der Waals surface area contributed by atoms with E-state index in [4.69, 9.17) is 5.73 Å². The SMILES string of the molecule is CC/C=C\c1c(C)c(C)nc(N)c1F. The van der Waals surface area contributed by atoms with E-state index in [2.05, 4.69) is 4.98 Å². The Morgan fingerprint density at radius 2 is 2.07 bits per heavy atom. The summed E-state index contributed by atoms with van der Waals surface area (Å²) in [6.45, 7) is 5.68. The lowest BCUT2D eigenvalue weighted by Crippen LogP contribution is -2.02. The summed E-state index contributed by atoms with van der Waals surface area (Å²) in [5.74, 6) is -0.443. The van der Waals surface area contributed by atoms with Gasteiger partial charge in [-0.2, -0.15) is 0 Å². The van der Waals surface area contributed by atoms with Crippen molar-refractivity contribution >= 4 is 11.9 Å². The lowest BCUT2D eigenvalue weighted by molar-refractivity contribution is 0.621. The van der Waals surface area contributed by atoms with Crippen LogP contribution >= 0.6 is 0 Å². The van der Waals surface area contributed by atoms with Gasteiger partial charge in [0.05, 0.1) is 0 Å². The molecule has 1 aromatic rings. The van der Waals surface area contributed by atoms with Crippen molar-refractivity contribution in [1.82, 2.24) is 4.98 Å². The zero-order valence-electron chi connectivity index (χ0n) is 8.76. The Kier molecular flexibility index (Phi) is 3.23. The van der Waals surface area contributed by atoms with Crippen LogP contribution in [0.1, 0.15) is 30.2 Å². The summed E-state index contributed by atoms with van der Waals surface area (Å²) in [5.41, 5.74) is 7.62. The molecule has 76 valence electrons. The molecule has 1 rings (SSSR count). The summed E-state index contributed by atoms with van der Waals surface area (Å²) >= 11 is 0. The Labute approximate surface area is 83.7 Å². The Morgan fingerprint density at radius 1 is 1.43 bits per heavy atom. The van der Waals surface area contributed by atoms with Crippen LogP contribution in [0.3, 0.4) is 0 Å². The summed E-state index contributed by atoms with van der Waals surface area (Å²) in [5, 5.41) is 0. The van der Waals surface area contributed by atoms with Crippen molar-refractivity contribution in [2.24, 2.45) is 0 Å². The minimum absolute atomic E-state index is 0.0242. The number of halogens is 1. The van der Waals surface area contributed by atoms with Crippen LogP contribution in [0.2, 0.25) is 0 Å². The lowest BCUT2D eigenvalue weighted by Gasteiger charge is -2.07. The first kappa shape index (κ1) is 10.7. The van der Waals surface area contributed by atoms with Crippen LogP contribution in [0.5, 0.6) is 0 Å². The molecule has 0 fully saturated rings. The van der Waals surface area contributed by atoms with E-state index in [1.807, 2.05) is 26.8 Å². The number of nitrogens with two attached hydrogens (primary N) is 1. The number of rotatable bonds is 2. The maximum absolute atomic E-state index is 13.5. The summed E-state index contributed by atoms with van der Waals surface area (Å²) < 4.78 is 13.5. The van der Waals surface area contributed by atoms with E-state index in [1.54, 1.807) is 6.08 Å². The van der Waals surface area contributed by atoms with Gasteiger partial charge >= 0.3 is 0 Å². The quantitative estimate of drug-likeness (QED) is 0.786. The number of hydrogen-bond acceptors (Lipinski definition) is 2. The second kappa shape index (κ2) is 4.22. The van der Waals surface area contributed by atoms with Crippen LogP contribution in [0.15, 0.2) is 6.08 Å². The van der Waals surface area contributed by atoms with Crippen LogP contribution in [0, 0.1) is 19.7 Å². The molecule has 1 aromatic heterocycles. The molecular weight excluding hydrogens is 179 g/mol. The number of nitrogen functional groups attached to an aromatic ring is 1. The zero-order chi connectivity index (χ0) is 10.7. The maximum atomic E-state index is 13.5. The summed E-state index contributed by atoms with van der Waals surface area (Å²) in [6.07, 6.45) is 4.54. The molecule has 0 saturated heterocycles. The fraction of sp³-hybridized carbons (Fsp3) is 0.364. The normalized spacial score (nSPS) is 11.1. The fourth-order valence-electron chi connectivity index (χ4n) is 1.24. The van der Waals surface area contributed by atoms with Crippen molar-refractivity contribution in [3.63, 3.8) is 0 Å². The van der Waals surface area contributed by atoms with Crippen molar-refractivity contribution in [1.29, 1.82) is 0 Å². The minimum Gasteiger partial charge on any atom is -0.381 e. The number of pyridine rings is 1. The average molecular weight is 194 g/mol. The number of aromatic nitrogens is 1. The average Bonchev–Trinajstić information content (AvgIpc) is 2.15. The second-order valence-corrected chi connectivity index (χ2v) is 3.25. The Balaban J connectivity index is 3.32. The topological polar surface area (TPSA) is 38.9 Å². The van der Waals surface area contributed by atoms with E-state index in [0.717, 1.165) is 17.7 Å². The van der Waals surface area contributed by atoms with Crippen LogP contribution in [-0.4, -0.2) is 4.98 Å². The third-order valence-corrected chi connectivity index (χ3v) is 2.22. The molecule has 0 atom stereocenters. The van der Waals surface area contributed by atoms with Crippen LogP contribution in [0.25, 0.3) is 6.08 Å². The summed E-state index contributed by atoms with van der Waals surface area (Å²) in [6, 6.07) is 0. The van der Waals surface area contributed by atoms with Gasteiger partial charge in [0.1, 0.15) is 0 Å². The number of allylic oxidation sites excluding steroid dienone is 1. The molecule has 0 aliphatic rings. The molecule has 2 nitrogen and oxygen atoms in total. The monoisotopic (exact) mass is 194 g/mol. The van der Waals surface area contributed by atoms with E-state index in [0.29, 0.717) is 5.56 Å².